The first kappa shape index (κ1) is 23.3. The second kappa shape index (κ2) is 11.3. The smallest absolute Gasteiger partial charge is 0.356 e. The van der Waals surface area contributed by atoms with E-state index in [0.717, 1.165) is 24.2 Å². The Bertz CT molecular complexity index is 1060. The van der Waals surface area contributed by atoms with Crippen molar-refractivity contribution in [2.75, 3.05) is 38.0 Å². The number of carbonyl (C=O) groups is 2. The van der Waals surface area contributed by atoms with Gasteiger partial charge in [-0.2, -0.15) is 0 Å². The standard InChI is InChI=1S/C24H30N4O4/c1-4-12-25-18-15-19-21(27-20(29)11-10-17-8-6-5-7-9-17)22(24(30)32-3)28(13-14-31-2)23(19)26-16-18/h5-9,15-16,25H,4,10-14H2,1-3H3,(H,27,29). The average molecular weight is 439 g/mol. The summed E-state index contributed by atoms with van der Waals surface area (Å²) < 4.78 is 12.0. The maximum absolute atomic E-state index is 12.8. The summed E-state index contributed by atoms with van der Waals surface area (Å²) in [6.45, 7) is 3.65. The zero-order valence-corrected chi connectivity index (χ0v) is 18.8. The largest absolute Gasteiger partial charge is 0.464 e. The fourth-order valence-corrected chi connectivity index (χ4v) is 3.53. The third-order valence-electron chi connectivity index (χ3n) is 5.12. The van der Waals surface area contributed by atoms with E-state index in [1.165, 1.54) is 7.11 Å². The molecule has 0 aliphatic carbocycles. The first-order valence-electron chi connectivity index (χ1n) is 10.8. The summed E-state index contributed by atoms with van der Waals surface area (Å²) in [5, 5.41) is 6.93. The van der Waals surface area contributed by atoms with E-state index < -0.39 is 5.97 Å². The molecule has 0 spiro atoms. The number of carbonyl (C=O) groups excluding carboxylic acids is 2. The molecule has 3 rings (SSSR count). The summed E-state index contributed by atoms with van der Waals surface area (Å²) in [6, 6.07) is 11.7. The van der Waals surface area contributed by atoms with Crippen molar-refractivity contribution in [3.63, 3.8) is 0 Å². The number of esters is 1. The van der Waals surface area contributed by atoms with Crippen molar-refractivity contribution < 1.29 is 19.1 Å². The van der Waals surface area contributed by atoms with Crippen LogP contribution < -0.4 is 10.6 Å². The molecule has 2 aromatic heterocycles. The minimum Gasteiger partial charge on any atom is -0.464 e. The van der Waals surface area contributed by atoms with E-state index in [-0.39, 0.29) is 18.0 Å². The van der Waals surface area contributed by atoms with E-state index in [4.69, 9.17) is 9.47 Å². The molecule has 0 unspecified atom stereocenters. The first-order chi connectivity index (χ1) is 15.6. The van der Waals surface area contributed by atoms with Crippen LogP contribution in [0.5, 0.6) is 0 Å². The normalized spacial score (nSPS) is 10.8. The SMILES string of the molecule is CCCNc1cnc2c(c1)c(NC(=O)CCc1ccccc1)c(C(=O)OC)n2CCOC. The highest BCUT2D eigenvalue weighted by molar-refractivity contribution is 6.11. The van der Waals surface area contributed by atoms with Gasteiger partial charge in [-0.1, -0.05) is 37.3 Å². The van der Waals surface area contributed by atoms with Crippen LogP contribution in [0.15, 0.2) is 42.6 Å². The summed E-state index contributed by atoms with van der Waals surface area (Å²) in [5.41, 5.74) is 3.15. The Hall–Kier alpha value is -3.39. The van der Waals surface area contributed by atoms with Crippen molar-refractivity contribution in [1.82, 2.24) is 9.55 Å². The number of fused-ring (bicyclic) bond motifs is 1. The summed E-state index contributed by atoms with van der Waals surface area (Å²) in [5.74, 6) is -0.725. The minimum absolute atomic E-state index is 0.184. The molecule has 8 heteroatoms. The van der Waals surface area contributed by atoms with Gasteiger partial charge in [-0.25, -0.2) is 9.78 Å². The fourth-order valence-electron chi connectivity index (χ4n) is 3.53. The predicted octanol–water partition coefficient (Wildman–Crippen LogP) is 3.86. The second-order valence-electron chi connectivity index (χ2n) is 7.42. The Kier molecular flexibility index (Phi) is 8.21. The molecule has 0 radical (unpaired) electrons. The van der Waals surface area contributed by atoms with Gasteiger partial charge in [0.1, 0.15) is 5.65 Å². The summed E-state index contributed by atoms with van der Waals surface area (Å²) >= 11 is 0. The Morgan fingerprint density at radius 1 is 1.16 bits per heavy atom. The fraction of sp³-hybridized carbons (Fsp3) is 0.375. The molecule has 0 saturated heterocycles. The van der Waals surface area contributed by atoms with Gasteiger partial charge in [-0.05, 0) is 24.5 Å². The number of amides is 1. The summed E-state index contributed by atoms with van der Waals surface area (Å²) in [7, 11) is 2.92. The van der Waals surface area contributed by atoms with Crippen LogP contribution in [0.3, 0.4) is 0 Å². The molecule has 1 aromatic carbocycles. The van der Waals surface area contributed by atoms with E-state index in [2.05, 4.69) is 22.5 Å². The highest BCUT2D eigenvalue weighted by Gasteiger charge is 2.26. The van der Waals surface area contributed by atoms with E-state index in [1.807, 2.05) is 36.4 Å². The summed E-state index contributed by atoms with van der Waals surface area (Å²) in [4.78, 5) is 30.1. The van der Waals surface area contributed by atoms with Crippen LogP contribution in [0.4, 0.5) is 11.4 Å². The van der Waals surface area contributed by atoms with E-state index in [9.17, 15) is 9.59 Å². The van der Waals surface area contributed by atoms with Crippen LogP contribution in [0, 0.1) is 0 Å². The molecule has 2 N–H and O–H groups in total. The van der Waals surface area contributed by atoms with Gasteiger partial charge in [0.15, 0.2) is 5.69 Å². The highest BCUT2D eigenvalue weighted by atomic mass is 16.5. The lowest BCUT2D eigenvalue weighted by atomic mass is 10.1. The number of methoxy groups -OCH3 is 2. The van der Waals surface area contributed by atoms with Gasteiger partial charge >= 0.3 is 5.97 Å². The number of benzene rings is 1. The maximum atomic E-state index is 12.8. The molecule has 3 aromatic rings. The molecule has 0 aliphatic rings. The van der Waals surface area contributed by atoms with Gasteiger partial charge in [0.25, 0.3) is 0 Å². The molecule has 0 saturated carbocycles. The quantitative estimate of drug-likeness (QED) is 0.442. The summed E-state index contributed by atoms with van der Waals surface area (Å²) in [6.07, 6.45) is 3.58. The lowest BCUT2D eigenvalue weighted by Crippen LogP contribution is -2.18. The van der Waals surface area contributed by atoms with Gasteiger partial charge in [0.2, 0.25) is 5.91 Å². The first-order valence-corrected chi connectivity index (χ1v) is 10.8. The van der Waals surface area contributed by atoms with Crippen LogP contribution in [-0.4, -0.2) is 48.8 Å². The molecular weight excluding hydrogens is 408 g/mol. The molecule has 0 bridgehead atoms. The van der Waals surface area contributed by atoms with Crippen molar-refractivity contribution in [2.24, 2.45) is 0 Å². The Balaban J connectivity index is 1.99. The van der Waals surface area contributed by atoms with E-state index >= 15 is 0 Å². The lowest BCUT2D eigenvalue weighted by Gasteiger charge is -2.10. The zero-order chi connectivity index (χ0) is 22.9. The monoisotopic (exact) mass is 438 g/mol. The van der Waals surface area contributed by atoms with Gasteiger partial charge < -0.3 is 24.7 Å². The maximum Gasteiger partial charge on any atom is 0.356 e. The van der Waals surface area contributed by atoms with Crippen LogP contribution >= 0.6 is 0 Å². The Labute approximate surface area is 187 Å². The number of aryl methyl sites for hydroxylation is 1. The number of hydrogen-bond donors (Lipinski definition) is 2. The van der Waals surface area contributed by atoms with Crippen molar-refractivity contribution in [3.8, 4) is 0 Å². The molecule has 1 amide bonds. The molecule has 8 nitrogen and oxygen atoms in total. The Morgan fingerprint density at radius 2 is 1.94 bits per heavy atom. The van der Waals surface area contributed by atoms with Crippen molar-refractivity contribution in [1.29, 1.82) is 0 Å². The Morgan fingerprint density at radius 3 is 2.62 bits per heavy atom. The molecule has 0 aliphatic heterocycles. The molecule has 170 valence electrons. The molecular formula is C24H30N4O4. The number of rotatable bonds is 11. The molecule has 0 fully saturated rings. The average Bonchev–Trinajstić information content (AvgIpc) is 3.12. The number of pyridine rings is 1. The number of ether oxygens (including phenoxy) is 2. The number of nitrogens with one attached hydrogen (secondary N) is 2. The topological polar surface area (TPSA) is 94.5 Å². The van der Waals surface area contributed by atoms with Crippen LogP contribution in [0.2, 0.25) is 0 Å². The third-order valence-corrected chi connectivity index (χ3v) is 5.12. The van der Waals surface area contributed by atoms with Crippen LogP contribution in [0.1, 0.15) is 35.8 Å². The molecule has 0 atom stereocenters. The highest BCUT2D eigenvalue weighted by Crippen LogP contribution is 2.33. The van der Waals surface area contributed by atoms with Gasteiger partial charge in [-0.15, -0.1) is 0 Å². The predicted molar refractivity (Wildman–Crippen MR) is 125 cm³/mol. The molecule has 2 heterocycles. The number of nitrogens with zero attached hydrogens (tertiary/aromatic N) is 2. The third kappa shape index (κ3) is 5.45. The van der Waals surface area contributed by atoms with Crippen molar-refractivity contribution in [3.05, 3.63) is 53.9 Å². The minimum atomic E-state index is -0.541. The van der Waals surface area contributed by atoms with Gasteiger partial charge in [0.05, 0.1) is 31.3 Å². The van der Waals surface area contributed by atoms with E-state index in [0.29, 0.717) is 36.3 Å². The second-order valence-corrected chi connectivity index (χ2v) is 7.42. The number of aromatic nitrogens is 2. The van der Waals surface area contributed by atoms with Crippen LogP contribution in [0.25, 0.3) is 11.0 Å². The van der Waals surface area contributed by atoms with Gasteiger partial charge in [-0.3, -0.25) is 4.79 Å². The van der Waals surface area contributed by atoms with Gasteiger partial charge in [0, 0.05) is 32.0 Å². The molecule has 32 heavy (non-hydrogen) atoms. The lowest BCUT2D eigenvalue weighted by molar-refractivity contribution is -0.116. The van der Waals surface area contributed by atoms with E-state index in [1.54, 1.807) is 17.9 Å². The van der Waals surface area contributed by atoms with Crippen LogP contribution in [-0.2, 0) is 27.2 Å². The zero-order valence-electron chi connectivity index (χ0n) is 18.8. The number of hydrogen-bond acceptors (Lipinski definition) is 6. The number of anilines is 2. The van der Waals surface area contributed by atoms with Crippen molar-refractivity contribution >= 4 is 34.3 Å². The van der Waals surface area contributed by atoms with Crippen molar-refractivity contribution in [2.45, 2.75) is 32.7 Å².